The molecule has 0 bridgehead atoms. The number of thiazole rings is 1. The molecule has 10 nitrogen and oxygen atoms in total. The number of benzene rings is 1. The summed E-state index contributed by atoms with van der Waals surface area (Å²) in [6, 6.07) is 5.98. The number of carbonyl (C=O) groups is 4. The molecule has 2 aromatic rings. The first kappa shape index (κ1) is 37.2. The van der Waals surface area contributed by atoms with Crippen molar-refractivity contribution in [2.45, 2.75) is 129 Å². The summed E-state index contributed by atoms with van der Waals surface area (Å²) >= 11 is 1.58. The van der Waals surface area contributed by atoms with Crippen molar-refractivity contribution in [3.05, 3.63) is 41.0 Å². The summed E-state index contributed by atoms with van der Waals surface area (Å²) in [7, 11) is 0. The standard InChI is InChI=1S/C35H52N4O6S/c1-23(25-16-18-26(19-17-25)31-24(2)36-22-46-31)37-33(44)28-20-27(40)21-39(28)34(45)32(35(3,4)5)38-29(41)14-12-10-8-6-7-9-11-13-15-30(42)43/h16-19,22-23,27-28,32,40H,6-15,20-21H2,1-5H3,(H,37,44)(H,38,41)(H,42,43). The Morgan fingerprint density at radius 2 is 1.54 bits per heavy atom. The molecule has 3 amide bonds. The second kappa shape index (κ2) is 17.6. The Labute approximate surface area is 277 Å². The number of aliphatic hydroxyl groups is 1. The number of rotatable bonds is 17. The van der Waals surface area contributed by atoms with Crippen LogP contribution in [0.4, 0.5) is 0 Å². The molecule has 1 aliphatic rings. The molecule has 3 rings (SSSR count). The molecule has 1 saturated heterocycles. The van der Waals surface area contributed by atoms with Gasteiger partial charge in [0.2, 0.25) is 17.7 Å². The van der Waals surface area contributed by atoms with Crippen molar-refractivity contribution in [1.82, 2.24) is 20.5 Å². The second-order valence-corrected chi connectivity index (χ2v) is 14.5. The number of hydrogen-bond donors (Lipinski definition) is 4. The van der Waals surface area contributed by atoms with Gasteiger partial charge in [-0.3, -0.25) is 19.2 Å². The minimum Gasteiger partial charge on any atom is -0.481 e. The monoisotopic (exact) mass is 656 g/mol. The van der Waals surface area contributed by atoms with Gasteiger partial charge in [0.05, 0.1) is 28.2 Å². The smallest absolute Gasteiger partial charge is 0.303 e. The molecule has 1 aromatic carbocycles. The summed E-state index contributed by atoms with van der Waals surface area (Å²) in [5, 5.41) is 25.2. The van der Waals surface area contributed by atoms with Gasteiger partial charge < -0.3 is 25.7 Å². The number of aryl methyl sites for hydroxylation is 1. The van der Waals surface area contributed by atoms with E-state index in [1.54, 1.807) is 11.3 Å². The number of likely N-dealkylation sites (tertiary alicyclic amines) is 1. The summed E-state index contributed by atoms with van der Waals surface area (Å²) in [5.74, 6) is -1.64. The SMILES string of the molecule is Cc1ncsc1-c1ccc(C(C)NC(=O)C2CC(O)CN2C(=O)C(NC(=O)CCCCCCCCCCC(=O)O)C(C)(C)C)cc1. The van der Waals surface area contributed by atoms with E-state index in [0.717, 1.165) is 60.2 Å². The van der Waals surface area contributed by atoms with Gasteiger partial charge in [-0.15, -0.1) is 11.3 Å². The van der Waals surface area contributed by atoms with E-state index in [0.29, 0.717) is 19.3 Å². The Balaban J connectivity index is 1.51. The topological polar surface area (TPSA) is 149 Å². The fraction of sp³-hybridized carbons (Fsp3) is 0.629. The number of aromatic nitrogens is 1. The van der Waals surface area contributed by atoms with Crippen LogP contribution >= 0.6 is 11.3 Å². The highest BCUT2D eigenvalue weighted by atomic mass is 32.1. The van der Waals surface area contributed by atoms with Gasteiger partial charge in [0.15, 0.2) is 0 Å². The minimum absolute atomic E-state index is 0.0347. The largest absolute Gasteiger partial charge is 0.481 e. The molecule has 0 saturated carbocycles. The van der Waals surface area contributed by atoms with E-state index in [1.807, 2.05) is 64.4 Å². The Hall–Kier alpha value is -3.31. The number of carboxylic acids is 1. The zero-order valence-electron chi connectivity index (χ0n) is 28.0. The number of unbranched alkanes of at least 4 members (excludes halogenated alkanes) is 7. The van der Waals surface area contributed by atoms with Gasteiger partial charge in [-0.05, 0) is 43.2 Å². The number of nitrogens with one attached hydrogen (secondary N) is 2. The van der Waals surface area contributed by atoms with Crippen LogP contribution in [0.15, 0.2) is 29.8 Å². The molecule has 1 fully saturated rings. The molecule has 254 valence electrons. The number of nitrogens with zero attached hydrogens (tertiary/aromatic N) is 2. The molecule has 2 heterocycles. The van der Waals surface area contributed by atoms with Gasteiger partial charge in [0.1, 0.15) is 12.1 Å². The first-order chi connectivity index (χ1) is 21.8. The maximum Gasteiger partial charge on any atom is 0.303 e. The summed E-state index contributed by atoms with van der Waals surface area (Å²) < 4.78 is 0. The van der Waals surface area contributed by atoms with E-state index >= 15 is 0 Å². The molecular weight excluding hydrogens is 604 g/mol. The molecule has 0 radical (unpaired) electrons. The van der Waals surface area contributed by atoms with Gasteiger partial charge in [-0.1, -0.05) is 83.6 Å². The molecule has 1 aromatic heterocycles. The van der Waals surface area contributed by atoms with Crippen LogP contribution < -0.4 is 10.6 Å². The summed E-state index contributed by atoms with van der Waals surface area (Å²) in [5.41, 5.74) is 4.18. The maximum atomic E-state index is 13.9. The molecule has 0 spiro atoms. The maximum absolute atomic E-state index is 13.9. The molecule has 1 aliphatic heterocycles. The van der Waals surface area contributed by atoms with Gasteiger partial charge in [0, 0.05) is 25.8 Å². The number of β-amino-alcohol motifs (C(OH)–C–C–N with tert-alkyl or cyclic N) is 1. The number of amides is 3. The van der Waals surface area contributed by atoms with E-state index in [9.17, 15) is 24.3 Å². The van der Waals surface area contributed by atoms with Crippen molar-refractivity contribution in [2.24, 2.45) is 5.41 Å². The van der Waals surface area contributed by atoms with Gasteiger partial charge in [-0.2, -0.15) is 0 Å². The third kappa shape index (κ3) is 11.2. The first-order valence-corrected chi connectivity index (χ1v) is 17.5. The van der Waals surface area contributed by atoms with Crippen molar-refractivity contribution >= 4 is 35.0 Å². The van der Waals surface area contributed by atoms with Crippen LogP contribution in [0, 0.1) is 12.3 Å². The normalized spacial score (nSPS) is 17.8. The Bertz CT molecular complexity index is 1300. The Morgan fingerprint density at radius 3 is 2.09 bits per heavy atom. The lowest BCUT2D eigenvalue weighted by atomic mass is 9.85. The molecule has 4 atom stereocenters. The van der Waals surface area contributed by atoms with E-state index in [4.69, 9.17) is 5.11 Å². The van der Waals surface area contributed by atoms with E-state index in [2.05, 4.69) is 15.6 Å². The number of hydrogen-bond acceptors (Lipinski definition) is 7. The first-order valence-electron chi connectivity index (χ1n) is 16.6. The highest BCUT2D eigenvalue weighted by Gasteiger charge is 2.44. The summed E-state index contributed by atoms with van der Waals surface area (Å²) in [4.78, 5) is 57.7. The zero-order chi connectivity index (χ0) is 33.9. The number of carboxylic acid groups (broad SMARTS) is 1. The second-order valence-electron chi connectivity index (χ2n) is 13.6. The average molecular weight is 657 g/mol. The van der Waals surface area contributed by atoms with Crippen molar-refractivity contribution in [3.63, 3.8) is 0 Å². The minimum atomic E-state index is -0.841. The van der Waals surface area contributed by atoms with Crippen LogP contribution in [-0.2, 0) is 19.2 Å². The number of aliphatic carboxylic acids is 1. The van der Waals surface area contributed by atoms with Crippen LogP contribution in [-0.4, -0.2) is 68.5 Å². The molecule has 11 heteroatoms. The van der Waals surface area contributed by atoms with E-state index < -0.39 is 29.6 Å². The van der Waals surface area contributed by atoms with Crippen LogP contribution in [0.5, 0.6) is 0 Å². The van der Waals surface area contributed by atoms with Crippen molar-refractivity contribution in [1.29, 1.82) is 0 Å². The molecule has 4 N–H and O–H groups in total. The van der Waals surface area contributed by atoms with Gasteiger partial charge in [0.25, 0.3) is 0 Å². The van der Waals surface area contributed by atoms with Crippen LogP contribution in [0.3, 0.4) is 0 Å². The van der Waals surface area contributed by atoms with E-state index in [1.165, 1.54) is 4.90 Å². The quantitative estimate of drug-likeness (QED) is 0.158. The highest BCUT2D eigenvalue weighted by Crippen LogP contribution is 2.29. The third-order valence-electron chi connectivity index (χ3n) is 8.60. The lowest BCUT2D eigenvalue weighted by Crippen LogP contribution is -2.57. The van der Waals surface area contributed by atoms with Crippen molar-refractivity contribution in [3.8, 4) is 10.4 Å². The molecule has 0 aliphatic carbocycles. The van der Waals surface area contributed by atoms with Crippen LogP contribution in [0.1, 0.15) is 116 Å². The predicted molar refractivity (Wildman–Crippen MR) is 180 cm³/mol. The number of aliphatic hydroxyl groups excluding tert-OH is 1. The number of carbonyl (C=O) groups excluding carboxylic acids is 3. The zero-order valence-corrected chi connectivity index (χ0v) is 28.8. The Morgan fingerprint density at radius 1 is 0.957 bits per heavy atom. The lowest BCUT2D eigenvalue weighted by Gasteiger charge is -2.35. The van der Waals surface area contributed by atoms with Gasteiger partial charge in [-0.25, -0.2) is 4.98 Å². The van der Waals surface area contributed by atoms with Gasteiger partial charge >= 0.3 is 5.97 Å². The molecule has 4 unspecified atom stereocenters. The summed E-state index contributed by atoms with van der Waals surface area (Å²) in [6.07, 6.45) is 7.24. The summed E-state index contributed by atoms with van der Waals surface area (Å²) in [6.45, 7) is 9.55. The third-order valence-corrected chi connectivity index (χ3v) is 9.58. The van der Waals surface area contributed by atoms with Crippen LogP contribution in [0.2, 0.25) is 0 Å². The lowest BCUT2D eigenvalue weighted by molar-refractivity contribution is -0.144. The molecular formula is C35H52N4O6S. The molecule has 46 heavy (non-hydrogen) atoms. The van der Waals surface area contributed by atoms with Crippen LogP contribution in [0.25, 0.3) is 10.4 Å². The van der Waals surface area contributed by atoms with Crippen molar-refractivity contribution in [2.75, 3.05) is 6.54 Å². The Kier molecular flexibility index (Phi) is 14.2. The fourth-order valence-electron chi connectivity index (χ4n) is 5.87. The van der Waals surface area contributed by atoms with Crippen molar-refractivity contribution < 1.29 is 29.4 Å². The fourth-order valence-corrected chi connectivity index (χ4v) is 6.68. The van der Waals surface area contributed by atoms with E-state index in [-0.39, 0.29) is 43.1 Å². The predicted octanol–water partition coefficient (Wildman–Crippen LogP) is 5.77. The highest BCUT2D eigenvalue weighted by molar-refractivity contribution is 7.13. The average Bonchev–Trinajstić information content (AvgIpc) is 3.61.